The van der Waals surface area contributed by atoms with Gasteiger partial charge < -0.3 is 15.2 Å². The topological polar surface area (TPSA) is 88.5 Å². The van der Waals surface area contributed by atoms with E-state index in [1.807, 2.05) is 49.4 Å². The average Bonchev–Trinajstić information content (AvgIpc) is 2.96. The number of pyridine rings is 1. The van der Waals surface area contributed by atoms with Gasteiger partial charge in [-0.2, -0.15) is 0 Å². The fraction of sp³-hybridized carbons (Fsp3) is 0.417. The zero-order valence-corrected chi connectivity index (χ0v) is 25.8. The smallest absolute Gasteiger partial charge is 0.310 e. The summed E-state index contributed by atoms with van der Waals surface area (Å²) in [6, 6.07) is 20.4. The van der Waals surface area contributed by atoms with Crippen LogP contribution in [-0.4, -0.2) is 28.6 Å². The third-order valence-electron chi connectivity index (χ3n) is 7.80. The molecule has 3 aromatic rings. The summed E-state index contributed by atoms with van der Waals surface area (Å²) in [6.07, 6.45) is 8.80. The van der Waals surface area contributed by atoms with Crippen molar-refractivity contribution in [1.82, 2.24) is 4.98 Å². The molecule has 0 saturated carbocycles. The van der Waals surface area contributed by atoms with E-state index in [1.54, 1.807) is 19.9 Å². The molecule has 6 nitrogen and oxygen atoms in total. The van der Waals surface area contributed by atoms with Gasteiger partial charge in [-0.1, -0.05) is 76.2 Å². The van der Waals surface area contributed by atoms with Crippen LogP contribution < -0.4 is 10.1 Å². The number of carbonyl (C=O) groups excluding carboxylic acids is 1. The molecule has 0 aliphatic heterocycles. The lowest BCUT2D eigenvalue weighted by molar-refractivity contribution is -0.151. The number of carbonyl (C=O) groups is 2. The predicted octanol–water partition coefficient (Wildman–Crippen LogP) is 8.38. The molecule has 0 fully saturated rings. The minimum atomic E-state index is -1.04. The molecule has 42 heavy (non-hydrogen) atoms. The van der Waals surface area contributed by atoms with E-state index in [0.29, 0.717) is 36.9 Å². The van der Waals surface area contributed by atoms with E-state index in [0.717, 1.165) is 42.5 Å². The quantitative estimate of drug-likeness (QED) is 0.169. The first-order valence-electron chi connectivity index (χ1n) is 15.1. The van der Waals surface area contributed by atoms with Crippen LogP contribution in [0.4, 0.5) is 5.69 Å². The minimum absolute atomic E-state index is 0.0587. The second-order valence-corrected chi connectivity index (χ2v) is 11.5. The van der Waals surface area contributed by atoms with Crippen molar-refractivity contribution in [3.8, 4) is 5.88 Å². The van der Waals surface area contributed by atoms with Gasteiger partial charge in [0.05, 0.1) is 17.7 Å². The highest BCUT2D eigenvalue weighted by molar-refractivity contribution is 5.94. The molecule has 1 aromatic heterocycles. The standard InChI is InChI=1S/C36H46N2O4/c1-6-36(7-2,35(40)41)25-33(39)37-31-13-10-12-29(24-31)19-20-32-27(5)14-21-34(38-32)42-22-9-8-11-28-15-17-30(18-16-28)23-26(3)4/h10,12-21,24,26H,6-9,11,22-23,25H2,1-5H3,(H,37,39)(H,40,41). The maximum absolute atomic E-state index is 12.7. The van der Waals surface area contributed by atoms with Gasteiger partial charge in [-0.15, -0.1) is 0 Å². The molecule has 0 spiro atoms. The van der Waals surface area contributed by atoms with Crippen LogP contribution in [0, 0.1) is 18.3 Å². The van der Waals surface area contributed by atoms with Crippen molar-refractivity contribution in [3.05, 3.63) is 88.6 Å². The van der Waals surface area contributed by atoms with E-state index in [2.05, 4.69) is 48.4 Å². The SMILES string of the molecule is CCC(CC)(CC(=O)Nc1cccc(C=Cc2nc(OCCCCc3ccc(CC(C)C)cc3)ccc2C)c1)C(=O)O. The van der Waals surface area contributed by atoms with E-state index in [4.69, 9.17) is 4.74 Å². The first-order chi connectivity index (χ1) is 20.1. The number of aryl methyl sites for hydroxylation is 2. The van der Waals surface area contributed by atoms with Crippen LogP contribution in [0.25, 0.3) is 12.2 Å². The van der Waals surface area contributed by atoms with Crippen LogP contribution in [-0.2, 0) is 22.4 Å². The summed E-state index contributed by atoms with van der Waals surface area (Å²) in [4.78, 5) is 29.1. The molecule has 0 radical (unpaired) electrons. The van der Waals surface area contributed by atoms with Gasteiger partial charge >= 0.3 is 5.97 Å². The van der Waals surface area contributed by atoms with E-state index in [-0.39, 0.29) is 12.3 Å². The lowest BCUT2D eigenvalue weighted by Gasteiger charge is -2.25. The summed E-state index contributed by atoms with van der Waals surface area (Å²) in [7, 11) is 0. The third kappa shape index (κ3) is 9.86. The Morgan fingerprint density at radius 3 is 2.36 bits per heavy atom. The highest BCUT2D eigenvalue weighted by atomic mass is 16.5. The van der Waals surface area contributed by atoms with E-state index >= 15 is 0 Å². The van der Waals surface area contributed by atoms with E-state index in [9.17, 15) is 14.7 Å². The highest BCUT2D eigenvalue weighted by Gasteiger charge is 2.37. The van der Waals surface area contributed by atoms with Crippen molar-refractivity contribution in [2.75, 3.05) is 11.9 Å². The van der Waals surface area contributed by atoms with E-state index in [1.165, 1.54) is 11.1 Å². The van der Waals surface area contributed by atoms with Crippen LogP contribution in [0.3, 0.4) is 0 Å². The van der Waals surface area contributed by atoms with Crippen molar-refractivity contribution in [2.45, 2.75) is 79.6 Å². The molecule has 0 aliphatic rings. The number of benzene rings is 2. The van der Waals surface area contributed by atoms with Crippen LogP contribution >= 0.6 is 0 Å². The number of nitrogens with one attached hydrogen (secondary N) is 1. The van der Waals surface area contributed by atoms with Crippen molar-refractivity contribution >= 4 is 29.7 Å². The normalized spacial score (nSPS) is 11.7. The zero-order valence-electron chi connectivity index (χ0n) is 25.8. The number of ether oxygens (including phenoxy) is 1. The molecule has 0 aliphatic carbocycles. The Morgan fingerprint density at radius 1 is 0.976 bits per heavy atom. The summed E-state index contributed by atoms with van der Waals surface area (Å²) in [6.45, 7) is 10.7. The van der Waals surface area contributed by atoms with E-state index < -0.39 is 11.4 Å². The molecular weight excluding hydrogens is 524 g/mol. The first-order valence-corrected chi connectivity index (χ1v) is 15.1. The summed E-state index contributed by atoms with van der Waals surface area (Å²) in [5, 5.41) is 12.5. The molecule has 0 bridgehead atoms. The molecule has 0 unspecified atom stereocenters. The molecule has 1 heterocycles. The molecule has 2 N–H and O–H groups in total. The fourth-order valence-corrected chi connectivity index (χ4v) is 4.98. The van der Waals surface area contributed by atoms with Crippen molar-refractivity contribution in [1.29, 1.82) is 0 Å². The summed E-state index contributed by atoms with van der Waals surface area (Å²) < 4.78 is 5.96. The number of hydrogen-bond donors (Lipinski definition) is 2. The average molecular weight is 571 g/mol. The molecule has 1 amide bonds. The summed E-state index contributed by atoms with van der Waals surface area (Å²) in [5.41, 5.74) is 5.10. The van der Waals surface area contributed by atoms with Gasteiger partial charge in [0.1, 0.15) is 0 Å². The van der Waals surface area contributed by atoms with Gasteiger partial charge in [0.2, 0.25) is 11.8 Å². The highest BCUT2D eigenvalue weighted by Crippen LogP contribution is 2.31. The lowest BCUT2D eigenvalue weighted by atomic mass is 9.79. The van der Waals surface area contributed by atoms with Crippen LogP contribution in [0.2, 0.25) is 0 Å². The Kier molecular flexibility index (Phi) is 12.3. The Morgan fingerprint density at radius 2 is 1.69 bits per heavy atom. The monoisotopic (exact) mass is 570 g/mol. The number of carboxylic acid groups (broad SMARTS) is 1. The van der Waals surface area contributed by atoms with Crippen LogP contribution in [0.15, 0.2) is 60.7 Å². The second-order valence-electron chi connectivity index (χ2n) is 11.5. The van der Waals surface area contributed by atoms with Crippen molar-refractivity contribution in [2.24, 2.45) is 11.3 Å². The van der Waals surface area contributed by atoms with Gasteiger partial charge in [0.25, 0.3) is 0 Å². The molecule has 6 heteroatoms. The Labute approximate surface area is 251 Å². The number of anilines is 1. The predicted molar refractivity (Wildman–Crippen MR) is 172 cm³/mol. The molecule has 3 rings (SSSR count). The molecule has 0 atom stereocenters. The number of amides is 1. The summed E-state index contributed by atoms with van der Waals surface area (Å²) in [5.74, 6) is 0.0406. The number of hydrogen-bond acceptors (Lipinski definition) is 4. The maximum atomic E-state index is 12.7. The number of carboxylic acids is 1. The van der Waals surface area contributed by atoms with Gasteiger partial charge in [0.15, 0.2) is 0 Å². The van der Waals surface area contributed by atoms with Crippen LogP contribution in [0.5, 0.6) is 5.88 Å². The number of aliphatic carboxylic acids is 1. The summed E-state index contributed by atoms with van der Waals surface area (Å²) >= 11 is 0. The number of aromatic nitrogens is 1. The number of rotatable bonds is 16. The minimum Gasteiger partial charge on any atom is -0.481 e. The Hall–Kier alpha value is -3.93. The Balaban J connectivity index is 1.52. The number of nitrogens with zero attached hydrogens (tertiary/aromatic N) is 1. The molecule has 0 saturated heterocycles. The van der Waals surface area contributed by atoms with Gasteiger partial charge in [-0.3, -0.25) is 9.59 Å². The number of unbranched alkanes of at least 4 members (excludes halogenated alkanes) is 1. The zero-order chi connectivity index (χ0) is 30.5. The van der Waals surface area contributed by atoms with Crippen molar-refractivity contribution < 1.29 is 19.4 Å². The van der Waals surface area contributed by atoms with Gasteiger partial charge in [0, 0.05) is 18.2 Å². The third-order valence-corrected chi connectivity index (χ3v) is 7.80. The largest absolute Gasteiger partial charge is 0.481 e. The Bertz CT molecular complexity index is 1340. The lowest BCUT2D eigenvalue weighted by Crippen LogP contribution is -2.34. The second kappa shape index (κ2) is 15.9. The van der Waals surface area contributed by atoms with Gasteiger partial charge in [-0.25, -0.2) is 4.98 Å². The molecule has 2 aromatic carbocycles. The fourth-order valence-electron chi connectivity index (χ4n) is 4.98. The maximum Gasteiger partial charge on any atom is 0.310 e. The van der Waals surface area contributed by atoms with Gasteiger partial charge in [-0.05, 0) is 91.8 Å². The molecule has 224 valence electrons. The molecular formula is C36H46N2O4. The van der Waals surface area contributed by atoms with Crippen LogP contribution in [0.1, 0.15) is 87.7 Å². The first kappa shape index (κ1) is 32.6. The van der Waals surface area contributed by atoms with Crippen molar-refractivity contribution in [3.63, 3.8) is 0 Å².